The van der Waals surface area contributed by atoms with Crippen molar-refractivity contribution in [3.63, 3.8) is 0 Å². The molecule has 27 heavy (non-hydrogen) atoms. The van der Waals surface area contributed by atoms with Crippen LogP contribution in [0.5, 0.6) is 5.75 Å². The number of hydrogen-bond acceptors (Lipinski definition) is 4. The molecule has 5 nitrogen and oxygen atoms in total. The molecule has 0 radical (unpaired) electrons. The lowest BCUT2D eigenvalue weighted by Gasteiger charge is -2.35. The molecule has 1 aliphatic heterocycles. The first-order chi connectivity index (χ1) is 12.3. The zero-order valence-corrected chi connectivity index (χ0v) is 16.3. The van der Waals surface area contributed by atoms with Gasteiger partial charge in [-0.15, -0.1) is 12.4 Å². The Bertz CT molecular complexity index is 615. The van der Waals surface area contributed by atoms with Crippen LogP contribution < -0.4 is 15.4 Å². The zero-order valence-electron chi connectivity index (χ0n) is 15.4. The maximum atomic E-state index is 12.7. The third-order valence-electron chi connectivity index (χ3n) is 4.52. The maximum Gasteiger partial charge on any atom is 0.422 e. The predicted octanol–water partition coefficient (Wildman–Crippen LogP) is 2.99. The molecule has 0 bridgehead atoms. The molecule has 0 aliphatic carbocycles. The topological polar surface area (TPSA) is 59.6 Å². The van der Waals surface area contributed by atoms with Gasteiger partial charge in [0.15, 0.2) is 6.61 Å². The third kappa shape index (κ3) is 6.86. The first-order valence-corrected chi connectivity index (χ1v) is 8.53. The molecule has 9 heteroatoms. The van der Waals surface area contributed by atoms with Crippen LogP contribution in [0, 0.1) is 12.3 Å². The average Bonchev–Trinajstić information content (AvgIpc) is 2.59. The molecule has 1 fully saturated rings. The highest BCUT2D eigenvalue weighted by molar-refractivity contribution is 5.85. The lowest BCUT2D eigenvalue weighted by atomic mass is 9.78. The number of hydrogen-bond donors (Lipinski definition) is 2. The lowest BCUT2D eigenvalue weighted by Crippen LogP contribution is -2.50. The summed E-state index contributed by atoms with van der Waals surface area (Å²) in [4.78, 5) is 12.7. The number of nitrogens with one attached hydrogen (secondary N) is 2. The van der Waals surface area contributed by atoms with Gasteiger partial charge in [-0.25, -0.2) is 0 Å². The Morgan fingerprint density at radius 1 is 1.30 bits per heavy atom. The van der Waals surface area contributed by atoms with E-state index in [0.29, 0.717) is 25.0 Å². The largest absolute Gasteiger partial charge is 0.484 e. The van der Waals surface area contributed by atoms with Crippen LogP contribution in [0.3, 0.4) is 0 Å². The Hall–Kier alpha value is -1.51. The summed E-state index contributed by atoms with van der Waals surface area (Å²) in [6, 6.07) is 4.99. The Morgan fingerprint density at radius 2 is 1.96 bits per heavy atom. The van der Waals surface area contributed by atoms with Gasteiger partial charge >= 0.3 is 6.18 Å². The van der Waals surface area contributed by atoms with Crippen molar-refractivity contribution in [1.82, 2.24) is 10.6 Å². The zero-order chi connectivity index (χ0) is 19.2. The highest BCUT2D eigenvalue weighted by atomic mass is 35.5. The first-order valence-electron chi connectivity index (χ1n) is 8.53. The summed E-state index contributed by atoms with van der Waals surface area (Å²) in [7, 11) is 1.56. The molecule has 0 aromatic heterocycles. The maximum absolute atomic E-state index is 12.7. The molecule has 1 saturated heterocycles. The van der Waals surface area contributed by atoms with Gasteiger partial charge in [-0.1, -0.05) is 12.1 Å². The van der Waals surface area contributed by atoms with E-state index in [4.69, 9.17) is 9.47 Å². The fraction of sp³-hybridized carbons (Fsp3) is 0.611. The van der Waals surface area contributed by atoms with Crippen LogP contribution in [0.2, 0.25) is 0 Å². The quantitative estimate of drug-likeness (QED) is 0.725. The Balaban J connectivity index is 0.00000364. The van der Waals surface area contributed by atoms with Crippen molar-refractivity contribution in [1.29, 1.82) is 0 Å². The van der Waals surface area contributed by atoms with Crippen molar-refractivity contribution in [2.24, 2.45) is 5.41 Å². The molecule has 0 atom stereocenters. The van der Waals surface area contributed by atoms with Gasteiger partial charge in [0.25, 0.3) is 0 Å². The average molecular weight is 411 g/mol. The molecule has 1 aliphatic rings. The third-order valence-corrected chi connectivity index (χ3v) is 4.52. The van der Waals surface area contributed by atoms with E-state index in [-0.39, 0.29) is 30.6 Å². The summed E-state index contributed by atoms with van der Waals surface area (Å²) in [5.41, 5.74) is 0.679. The van der Waals surface area contributed by atoms with E-state index in [0.717, 1.165) is 18.7 Å². The van der Waals surface area contributed by atoms with Crippen LogP contribution >= 0.6 is 12.4 Å². The highest BCUT2D eigenvalue weighted by Gasteiger charge is 2.39. The van der Waals surface area contributed by atoms with Crippen LogP contribution in [-0.2, 0) is 16.1 Å². The molecule has 1 aromatic carbocycles. The van der Waals surface area contributed by atoms with Crippen molar-refractivity contribution in [3.8, 4) is 5.75 Å². The standard InChI is InChI=1S/C18H25F3N2O3.ClH/c1-13-3-4-14(15(9-13)26-12-18(19,20)21)10-23-16(24)17(11-25-2)5-7-22-8-6-17;/h3-4,9,22H,5-8,10-12H2,1-2H3,(H,23,24);1H. The van der Waals surface area contributed by atoms with Gasteiger partial charge < -0.3 is 20.1 Å². The first kappa shape index (κ1) is 23.5. The second-order valence-electron chi connectivity index (χ2n) is 6.66. The number of amides is 1. The summed E-state index contributed by atoms with van der Waals surface area (Å²) < 4.78 is 47.5. The fourth-order valence-corrected chi connectivity index (χ4v) is 3.08. The van der Waals surface area contributed by atoms with E-state index in [1.807, 2.05) is 0 Å². The highest BCUT2D eigenvalue weighted by Crippen LogP contribution is 2.30. The SMILES string of the molecule is COCC1(C(=O)NCc2ccc(C)cc2OCC(F)(F)F)CCNCC1.Cl. The van der Waals surface area contributed by atoms with Crippen molar-refractivity contribution in [3.05, 3.63) is 29.3 Å². The Labute approximate surface area is 163 Å². The van der Waals surface area contributed by atoms with Crippen molar-refractivity contribution < 1.29 is 27.4 Å². The normalized spacial score (nSPS) is 16.3. The minimum atomic E-state index is -4.41. The smallest absolute Gasteiger partial charge is 0.422 e. The van der Waals surface area contributed by atoms with E-state index in [2.05, 4.69) is 10.6 Å². The van der Waals surface area contributed by atoms with E-state index < -0.39 is 18.2 Å². The summed E-state index contributed by atoms with van der Waals surface area (Å²) >= 11 is 0. The second-order valence-corrected chi connectivity index (χ2v) is 6.66. The number of aryl methyl sites for hydroxylation is 1. The minimum absolute atomic E-state index is 0. The van der Waals surface area contributed by atoms with Crippen LogP contribution in [0.1, 0.15) is 24.0 Å². The molecule has 1 amide bonds. The van der Waals surface area contributed by atoms with Crippen molar-refractivity contribution in [2.45, 2.75) is 32.5 Å². The number of alkyl halides is 3. The molecule has 2 rings (SSSR count). The van der Waals surface area contributed by atoms with Crippen molar-refractivity contribution in [2.75, 3.05) is 33.4 Å². The summed E-state index contributed by atoms with van der Waals surface area (Å²) in [5.74, 6) is -0.0167. The van der Waals surface area contributed by atoms with Gasteiger partial charge in [0.2, 0.25) is 5.91 Å². The monoisotopic (exact) mass is 410 g/mol. The van der Waals surface area contributed by atoms with Gasteiger partial charge in [0, 0.05) is 19.2 Å². The van der Waals surface area contributed by atoms with Gasteiger partial charge in [0.1, 0.15) is 5.75 Å². The number of piperidine rings is 1. The van der Waals surface area contributed by atoms with E-state index in [1.165, 1.54) is 0 Å². The number of rotatable bonds is 7. The molecule has 1 heterocycles. The number of carbonyl (C=O) groups excluding carboxylic acids is 1. The lowest BCUT2D eigenvalue weighted by molar-refractivity contribution is -0.153. The second kappa shape index (κ2) is 10.1. The summed E-state index contributed by atoms with van der Waals surface area (Å²) in [6.07, 6.45) is -3.11. The van der Waals surface area contributed by atoms with E-state index >= 15 is 0 Å². The van der Waals surface area contributed by atoms with Crippen LogP contribution in [0.15, 0.2) is 18.2 Å². The summed E-state index contributed by atoms with van der Waals surface area (Å²) in [5, 5.41) is 6.05. The predicted molar refractivity (Wildman–Crippen MR) is 98.2 cm³/mol. The minimum Gasteiger partial charge on any atom is -0.484 e. The van der Waals surface area contributed by atoms with Crippen LogP contribution in [-0.4, -0.2) is 45.5 Å². The van der Waals surface area contributed by atoms with Crippen LogP contribution in [0.4, 0.5) is 13.2 Å². The number of carbonyl (C=O) groups is 1. The molecular weight excluding hydrogens is 385 g/mol. The molecular formula is C18H26ClF3N2O3. The van der Waals surface area contributed by atoms with Crippen LogP contribution in [0.25, 0.3) is 0 Å². The number of methoxy groups -OCH3 is 1. The van der Waals surface area contributed by atoms with E-state index in [9.17, 15) is 18.0 Å². The Kier molecular flexibility index (Phi) is 8.84. The van der Waals surface area contributed by atoms with Gasteiger partial charge in [-0.2, -0.15) is 13.2 Å². The molecule has 1 aromatic rings. The van der Waals surface area contributed by atoms with Crippen molar-refractivity contribution >= 4 is 18.3 Å². The number of halogens is 4. The molecule has 0 saturated carbocycles. The molecule has 2 N–H and O–H groups in total. The molecule has 0 unspecified atom stereocenters. The number of ether oxygens (including phenoxy) is 2. The van der Waals surface area contributed by atoms with Gasteiger partial charge in [-0.05, 0) is 44.5 Å². The molecule has 0 spiro atoms. The van der Waals surface area contributed by atoms with E-state index in [1.54, 1.807) is 32.2 Å². The Morgan fingerprint density at radius 3 is 2.56 bits per heavy atom. The summed E-state index contributed by atoms with van der Waals surface area (Å²) in [6.45, 7) is 2.27. The van der Waals surface area contributed by atoms with Gasteiger partial charge in [-0.3, -0.25) is 4.79 Å². The molecule has 154 valence electrons. The fourth-order valence-electron chi connectivity index (χ4n) is 3.08. The van der Waals surface area contributed by atoms with Gasteiger partial charge in [0.05, 0.1) is 12.0 Å². The number of benzene rings is 1.